The van der Waals surface area contributed by atoms with Crippen LogP contribution in [-0.2, 0) is 6.42 Å². The van der Waals surface area contributed by atoms with Crippen LogP contribution in [0.1, 0.15) is 28.1 Å². The molecule has 4 heterocycles. The quantitative estimate of drug-likeness (QED) is 0.727. The number of aromatic nitrogens is 4. The Morgan fingerprint density at radius 2 is 2.22 bits per heavy atom. The first-order valence-electron chi connectivity index (χ1n) is 7.53. The number of pyridine rings is 1. The van der Waals surface area contributed by atoms with Crippen LogP contribution in [0, 0.1) is 0 Å². The van der Waals surface area contributed by atoms with Crippen molar-refractivity contribution in [1.29, 1.82) is 0 Å². The van der Waals surface area contributed by atoms with Crippen molar-refractivity contribution in [2.24, 2.45) is 0 Å². The summed E-state index contributed by atoms with van der Waals surface area (Å²) in [6.07, 6.45) is 9.80. The predicted octanol–water partition coefficient (Wildman–Crippen LogP) is 2.71. The maximum absolute atomic E-state index is 13.0. The highest BCUT2D eigenvalue weighted by Gasteiger charge is 2.23. The lowest BCUT2D eigenvalue weighted by Crippen LogP contribution is -2.31. The molecule has 1 aliphatic heterocycles. The molecule has 7 heteroatoms. The van der Waals surface area contributed by atoms with Crippen molar-refractivity contribution in [2.75, 3.05) is 11.4 Å². The third-order valence-corrected chi connectivity index (χ3v) is 4.92. The Morgan fingerprint density at radius 1 is 1.26 bits per heavy atom. The van der Waals surface area contributed by atoms with Crippen molar-refractivity contribution < 1.29 is 4.79 Å². The van der Waals surface area contributed by atoms with Gasteiger partial charge < -0.3 is 4.90 Å². The Balaban J connectivity index is 1.69. The molecule has 3 aromatic heterocycles. The largest absolute Gasteiger partial charge is 0.307 e. The molecule has 23 heavy (non-hydrogen) atoms. The average Bonchev–Trinajstić information content (AvgIpc) is 3.24. The Hall–Kier alpha value is -2.54. The molecule has 0 aromatic carbocycles. The number of aryl methyl sites for hydroxylation is 1. The number of nitrogens with zero attached hydrogens (tertiary/aromatic N) is 5. The molecule has 0 atom stereocenters. The zero-order valence-corrected chi connectivity index (χ0v) is 13.2. The Bertz CT molecular complexity index is 827. The van der Waals surface area contributed by atoms with Gasteiger partial charge in [-0.2, -0.15) is 0 Å². The van der Waals surface area contributed by atoms with Gasteiger partial charge in [0.15, 0.2) is 0 Å². The first-order valence-corrected chi connectivity index (χ1v) is 8.41. The van der Waals surface area contributed by atoms with Crippen molar-refractivity contribution in [2.45, 2.75) is 19.3 Å². The van der Waals surface area contributed by atoms with Crippen LogP contribution in [-0.4, -0.2) is 32.4 Å². The first kappa shape index (κ1) is 14.1. The van der Waals surface area contributed by atoms with E-state index in [0.29, 0.717) is 5.56 Å². The molecule has 0 N–H and O–H groups in total. The van der Waals surface area contributed by atoms with Gasteiger partial charge in [-0.1, -0.05) is 5.21 Å². The second kappa shape index (κ2) is 5.92. The maximum Gasteiger partial charge on any atom is 0.259 e. The smallest absolute Gasteiger partial charge is 0.259 e. The summed E-state index contributed by atoms with van der Waals surface area (Å²) in [6.45, 7) is 0.746. The molecule has 0 spiro atoms. The van der Waals surface area contributed by atoms with E-state index < -0.39 is 0 Å². The molecule has 0 unspecified atom stereocenters. The topological polar surface area (TPSA) is 63.9 Å². The summed E-state index contributed by atoms with van der Waals surface area (Å²) in [6, 6.07) is 3.85. The van der Waals surface area contributed by atoms with Gasteiger partial charge in [0.1, 0.15) is 0 Å². The number of fused-ring (bicyclic) bond motifs is 1. The monoisotopic (exact) mass is 325 g/mol. The van der Waals surface area contributed by atoms with E-state index in [4.69, 9.17) is 0 Å². The fraction of sp³-hybridized carbons (Fsp3) is 0.250. The van der Waals surface area contributed by atoms with E-state index in [1.807, 2.05) is 11.0 Å². The Morgan fingerprint density at radius 3 is 3.09 bits per heavy atom. The lowest BCUT2D eigenvalue weighted by atomic mass is 10.2. The molecule has 0 aliphatic carbocycles. The van der Waals surface area contributed by atoms with Gasteiger partial charge in [-0.15, -0.1) is 16.4 Å². The molecule has 0 fully saturated rings. The van der Waals surface area contributed by atoms with Gasteiger partial charge in [0, 0.05) is 17.6 Å². The van der Waals surface area contributed by atoms with E-state index in [1.54, 1.807) is 46.9 Å². The molecule has 0 saturated heterocycles. The van der Waals surface area contributed by atoms with Crippen LogP contribution in [0.5, 0.6) is 0 Å². The number of rotatable bonds is 2. The van der Waals surface area contributed by atoms with Crippen LogP contribution >= 0.6 is 11.3 Å². The normalized spacial score (nSPS) is 14.3. The van der Waals surface area contributed by atoms with Crippen LogP contribution in [0.15, 0.2) is 42.3 Å². The summed E-state index contributed by atoms with van der Waals surface area (Å²) in [7, 11) is 0. The molecule has 6 nitrogen and oxygen atoms in total. The third kappa shape index (κ3) is 2.63. The predicted molar refractivity (Wildman–Crippen MR) is 88.1 cm³/mol. The number of thiophene rings is 1. The molecular formula is C16H15N5OS. The minimum absolute atomic E-state index is 0.0129. The van der Waals surface area contributed by atoms with Crippen molar-refractivity contribution in [3.05, 3.63) is 52.7 Å². The van der Waals surface area contributed by atoms with Crippen molar-refractivity contribution in [3.8, 4) is 5.69 Å². The zero-order valence-electron chi connectivity index (χ0n) is 12.4. The molecular weight excluding hydrogens is 310 g/mol. The lowest BCUT2D eigenvalue weighted by molar-refractivity contribution is 0.0986. The van der Waals surface area contributed by atoms with Gasteiger partial charge in [-0.25, -0.2) is 4.68 Å². The van der Waals surface area contributed by atoms with Crippen LogP contribution in [0.4, 0.5) is 5.69 Å². The Labute approximate surface area is 137 Å². The van der Waals surface area contributed by atoms with Gasteiger partial charge in [0.05, 0.1) is 35.5 Å². The van der Waals surface area contributed by atoms with Crippen LogP contribution in [0.3, 0.4) is 0 Å². The molecule has 1 aliphatic rings. The summed E-state index contributed by atoms with van der Waals surface area (Å²) in [5.74, 6) is -0.0129. The van der Waals surface area contributed by atoms with Crippen molar-refractivity contribution in [1.82, 2.24) is 20.0 Å². The van der Waals surface area contributed by atoms with E-state index in [2.05, 4.69) is 20.7 Å². The maximum atomic E-state index is 13.0. The SMILES string of the molecule is O=C(c1cncc(-n2ccnn2)c1)N1CCCCc2sccc21. The van der Waals surface area contributed by atoms with Gasteiger partial charge in [-0.3, -0.25) is 9.78 Å². The summed E-state index contributed by atoms with van der Waals surface area (Å²) in [5, 5.41) is 9.79. The number of carbonyl (C=O) groups excluding carboxylic acids is 1. The van der Waals surface area contributed by atoms with E-state index >= 15 is 0 Å². The second-order valence-corrected chi connectivity index (χ2v) is 6.42. The fourth-order valence-electron chi connectivity index (χ4n) is 2.82. The number of carbonyl (C=O) groups is 1. The van der Waals surface area contributed by atoms with Crippen LogP contribution in [0.25, 0.3) is 5.69 Å². The molecule has 0 saturated carbocycles. The fourth-order valence-corrected chi connectivity index (χ4v) is 3.74. The summed E-state index contributed by atoms with van der Waals surface area (Å²) < 4.78 is 1.60. The van der Waals surface area contributed by atoms with Crippen LogP contribution < -0.4 is 4.90 Å². The standard InChI is InChI=1S/C16H15N5OS/c22-16(20-6-2-1-3-15-14(20)4-8-23-15)12-9-13(11-17-10-12)21-7-5-18-19-21/h4-5,7-11H,1-3,6H2. The summed E-state index contributed by atoms with van der Waals surface area (Å²) in [5.41, 5.74) is 2.34. The van der Waals surface area contributed by atoms with E-state index in [1.165, 1.54) is 4.88 Å². The van der Waals surface area contributed by atoms with Gasteiger partial charge in [0.25, 0.3) is 5.91 Å². The zero-order chi connectivity index (χ0) is 15.6. The van der Waals surface area contributed by atoms with Gasteiger partial charge >= 0.3 is 0 Å². The minimum Gasteiger partial charge on any atom is -0.307 e. The third-order valence-electron chi connectivity index (χ3n) is 3.95. The highest BCUT2D eigenvalue weighted by atomic mass is 32.1. The van der Waals surface area contributed by atoms with Crippen molar-refractivity contribution >= 4 is 22.9 Å². The summed E-state index contributed by atoms with van der Waals surface area (Å²) >= 11 is 1.72. The molecule has 0 bridgehead atoms. The molecule has 4 rings (SSSR count). The van der Waals surface area contributed by atoms with E-state index in [0.717, 1.165) is 37.2 Å². The summed E-state index contributed by atoms with van der Waals surface area (Å²) in [4.78, 5) is 20.3. The van der Waals surface area contributed by atoms with E-state index in [-0.39, 0.29) is 5.91 Å². The minimum atomic E-state index is -0.0129. The van der Waals surface area contributed by atoms with Gasteiger partial charge in [-0.05, 0) is 36.8 Å². The lowest BCUT2D eigenvalue weighted by Gasteiger charge is -2.21. The van der Waals surface area contributed by atoms with Crippen molar-refractivity contribution in [3.63, 3.8) is 0 Å². The number of anilines is 1. The average molecular weight is 325 g/mol. The highest BCUT2D eigenvalue weighted by molar-refractivity contribution is 7.10. The molecule has 3 aromatic rings. The molecule has 116 valence electrons. The van der Waals surface area contributed by atoms with Crippen LogP contribution in [0.2, 0.25) is 0 Å². The van der Waals surface area contributed by atoms with Gasteiger partial charge in [0.2, 0.25) is 0 Å². The molecule has 0 radical (unpaired) electrons. The second-order valence-electron chi connectivity index (χ2n) is 5.42. The Kier molecular flexibility index (Phi) is 3.63. The molecule has 1 amide bonds. The number of hydrogen-bond acceptors (Lipinski definition) is 5. The number of hydrogen-bond donors (Lipinski definition) is 0. The van der Waals surface area contributed by atoms with E-state index in [9.17, 15) is 4.79 Å². The number of amides is 1. The first-order chi connectivity index (χ1) is 11.3. The highest BCUT2D eigenvalue weighted by Crippen LogP contribution is 2.32.